The largest absolute Gasteiger partial charge is 0.760 e. The molecular formula is C31H37FN7O4S-. The van der Waals surface area contributed by atoms with Crippen LogP contribution in [0.2, 0.25) is 0 Å². The third-order valence-corrected chi connectivity index (χ3v) is 9.14. The first kappa shape index (κ1) is 30.4. The molecule has 2 aromatic carbocycles. The molecule has 0 bridgehead atoms. The van der Waals surface area contributed by atoms with Gasteiger partial charge in [-0.3, -0.25) is 9.11 Å². The summed E-state index contributed by atoms with van der Waals surface area (Å²) in [5.41, 5.74) is 4.94. The molecule has 0 radical (unpaired) electrons. The highest BCUT2D eigenvalue weighted by Gasteiger charge is 2.26. The van der Waals surface area contributed by atoms with E-state index in [2.05, 4.69) is 32.2 Å². The Morgan fingerprint density at radius 3 is 2.66 bits per heavy atom. The number of morpholine rings is 1. The van der Waals surface area contributed by atoms with Crippen LogP contribution in [0.15, 0.2) is 60.8 Å². The number of hydrogen-bond donors (Lipinski definition) is 1. The van der Waals surface area contributed by atoms with Crippen LogP contribution in [0.5, 0.6) is 5.75 Å². The zero-order valence-corrected chi connectivity index (χ0v) is 25.5. The average molecular weight is 623 g/mol. The Labute approximate surface area is 259 Å². The summed E-state index contributed by atoms with van der Waals surface area (Å²) in [6, 6.07) is 18.0. The molecule has 6 rings (SSSR count). The van der Waals surface area contributed by atoms with Gasteiger partial charge in [0.05, 0.1) is 43.4 Å². The average Bonchev–Trinajstić information content (AvgIpc) is 3.48. The van der Waals surface area contributed by atoms with Crippen LogP contribution in [0.4, 0.5) is 21.7 Å². The van der Waals surface area contributed by atoms with Crippen molar-refractivity contribution < 1.29 is 22.6 Å². The molecule has 2 aliphatic rings. The lowest BCUT2D eigenvalue weighted by molar-refractivity contribution is 0.0115. The van der Waals surface area contributed by atoms with Crippen LogP contribution in [0.25, 0.3) is 16.8 Å². The summed E-state index contributed by atoms with van der Waals surface area (Å²) in [4.78, 5) is 9.49. The lowest BCUT2D eigenvalue weighted by atomic mass is 10.0. The van der Waals surface area contributed by atoms with E-state index >= 15 is 0 Å². The number of hydrogen-bond acceptors (Lipinski definition) is 9. The van der Waals surface area contributed by atoms with Crippen LogP contribution in [0.1, 0.15) is 18.4 Å². The van der Waals surface area contributed by atoms with E-state index in [1.165, 1.54) is 0 Å². The van der Waals surface area contributed by atoms with Gasteiger partial charge in [-0.05, 0) is 42.7 Å². The number of halogens is 1. The first-order valence-corrected chi connectivity index (χ1v) is 15.9. The zero-order chi connectivity index (χ0) is 30.5. The molecular weight excluding hydrogens is 585 g/mol. The van der Waals surface area contributed by atoms with Gasteiger partial charge in [0.15, 0.2) is 0 Å². The number of ether oxygens (including phenoxy) is 2. The first-order valence-electron chi connectivity index (χ1n) is 14.9. The lowest BCUT2D eigenvalue weighted by Gasteiger charge is -2.40. The maximum Gasteiger partial charge on any atom is 0.245 e. The first-order chi connectivity index (χ1) is 21.5. The van der Waals surface area contributed by atoms with Gasteiger partial charge in [-0.2, -0.15) is 0 Å². The number of anilines is 3. The molecule has 0 spiro atoms. The molecule has 4 heterocycles. The van der Waals surface area contributed by atoms with E-state index in [-0.39, 0.29) is 13.1 Å². The van der Waals surface area contributed by atoms with Crippen LogP contribution in [0, 0.1) is 0 Å². The summed E-state index contributed by atoms with van der Waals surface area (Å²) in [5, 5.41) is 8.06. The number of piperidine rings is 1. The second-order valence-electron chi connectivity index (χ2n) is 10.9. The van der Waals surface area contributed by atoms with E-state index in [1.807, 2.05) is 42.5 Å². The van der Waals surface area contributed by atoms with Crippen LogP contribution >= 0.6 is 0 Å². The fourth-order valence-electron chi connectivity index (χ4n) is 6.09. The van der Waals surface area contributed by atoms with Crippen LogP contribution in [-0.2, 0) is 22.5 Å². The van der Waals surface area contributed by atoms with Crippen molar-refractivity contribution in [3.05, 3.63) is 66.4 Å². The Hall–Kier alpha value is -3.62. The topological polar surface area (TPSA) is 111 Å². The SMILES string of the molecule is COc1cc(N2CCC(N3CCOCC3)CC2)ccc1Nc1ncc2ccc(-c3ccccc3CN(CCF)S(=O)[O-])n2n1. The summed E-state index contributed by atoms with van der Waals surface area (Å²) < 4.78 is 50.5. The fourth-order valence-corrected chi connectivity index (χ4v) is 6.56. The second kappa shape index (κ2) is 14.0. The molecule has 0 amide bonds. The molecule has 2 fully saturated rings. The summed E-state index contributed by atoms with van der Waals surface area (Å²) in [5.74, 6) is 1.07. The van der Waals surface area contributed by atoms with Gasteiger partial charge in [0, 0.05) is 73.9 Å². The number of aromatic nitrogens is 3. The van der Waals surface area contributed by atoms with Crippen LogP contribution < -0.4 is 15.0 Å². The third-order valence-electron chi connectivity index (χ3n) is 8.41. The number of benzene rings is 2. The zero-order valence-electron chi connectivity index (χ0n) is 24.7. The molecule has 44 heavy (non-hydrogen) atoms. The Balaban J connectivity index is 1.20. The van der Waals surface area contributed by atoms with Gasteiger partial charge >= 0.3 is 0 Å². The number of methoxy groups -OCH3 is 1. The van der Waals surface area contributed by atoms with Crippen molar-refractivity contribution in [1.82, 2.24) is 23.8 Å². The number of nitrogens with zero attached hydrogens (tertiary/aromatic N) is 6. The summed E-state index contributed by atoms with van der Waals surface area (Å²) >= 11 is -2.54. The van der Waals surface area contributed by atoms with Crippen molar-refractivity contribution in [1.29, 1.82) is 0 Å². The minimum absolute atomic E-state index is 0.0497. The van der Waals surface area contributed by atoms with Crippen molar-refractivity contribution in [3.8, 4) is 17.0 Å². The molecule has 4 aromatic rings. The highest BCUT2D eigenvalue weighted by molar-refractivity contribution is 7.76. The van der Waals surface area contributed by atoms with Crippen molar-refractivity contribution in [2.45, 2.75) is 25.4 Å². The summed E-state index contributed by atoms with van der Waals surface area (Å²) in [7, 11) is 1.65. The summed E-state index contributed by atoms with van der Waals surface area (Å²) in [6.07, 6.45) is 3.98. The molecule has 13 heteroatoms. The van der Waals surface area contributed by atoms with Crippen molar-refractivity contribution in [3.63, 3.8) is 0 Å². The van der Waals surface area contributed by atoms with Gasteiger partial charge in [0.25, 0.3) is 0 Å². The maximum atomic E-state index is 13.0. The normalized spacial score (nSPS) is 17.3. The molecule has 1 unspecified atom stereocenters. The maximum absolute atomic E-state index is 13.0. The fraction of sp³-hybridized carbons (Fsp3) is 0.419. The number of alkyl halides is 1. The molecule has 1 atom stereocenters. The quantitative estimate of drug-likeness (QED) is 0.248. The van der Waals surface area contributed by atoms with Gasteiger partial charge in [0.2, 0.25) is 5.95 Å². The van der Waals surface area contributed by atoms with Gasteiger partial charge in [0.1, 0.15) is 12.4 Å². The van der Waals surface area contributed by atoms with Crippen molar-refractivity contribution in [2.75, 3.05) is 69.9 Å². The summed E-state index contributed by atoms with van der Waals surface area (Å²) in [6.45, 7) is 4.76. The van der Waals surface area contributed by atoms with Gasteiger partial charge in [-0.15, -0.1) is 5.10 Å². The van der Waals surface area contributed by atoms with Gasteiger partial charge in [-0.25, -0.2) is 18.2 Å². The minimum Gasteiger partial charge on any atom is -0.760 e. The Bertz CT molecular complexity index is 1590. The highest BCUT2D eigenvalue weighted by atomic mass is 32.2. The monoisotopic (exact) mass is 622 g/mol. The smallest absolute Gasteiger partial charge is 0.245 e. The molecule has 1 N–H and O–H groups in total. The van der Waals surface area contributed by atoms with E-state index in [9.17, 15) is 13.2 Å². The van der Waals surface area contributed by atoms with Crippen molar-refractivity contribution in [2.24, 2.45) is 0 Å². The Morgan fingerprint density at radius 2 is 1.91 bits per heavy atom. The number of nitrogens with one attached hydrogen (secondary N) is 1. The molecule has 2 aromatic heterocycles. The molecule has 0 aliphatic carbocycles. The number of rotatable bonds is 11. The number of fused-ring (bicyclic) bond motifs is 1. The van der Waals surface area contributed by atoms with Gasteiger partial charge < -0.3 is 24.2 Å². The highest BCUT2D eigenvalue weighted by Crippen LogP contribution is 2.33. The van der Waals surface area contributed by atoms with E-state index in [4.69, 9.17) is 14.6 Å². The van der Waals surface area contributed by atoms with E-state index in [0.717, 1.165) is 90.3 Å². The Morgan fingerprint density at radius 1 is 1.11 bits per heavy atom. The molecule has 234 valence electrons. The van der Waals surface area contributed by atoms with Crippen LogP contribution in [-0.4, -0.2) is 98.3 Å². The van der Waals surface area contributed by atoms with E-state index < -0.39 is 17.9 Å². The van der Waals surface area contributed by atoms with E-state index in [1.54, 1.807) is 17.8 Å². The van der Waals surface area contributed by atoms with Crippen molar-refractivity contribution >= 4 is 34.1 Å². The molecule has 11 nitrogen and oxygen atoms in total. The third kappa shape index (κ3) is 6.71. The van der Waals surface area contributed by atoms with Gasteiger partial charge in [-0.1, -0.05) is 24.3 Å². The molecule has 2 aliphatic heterocycles. The lowest BCUT2D eigenvalue weighted by Crippen LogP contribution is -2.49. The molecule has 0 saturated carbocycles. The molecule has 2 saturated heterocycles. The van der Waals surface area contributed by atoms with Crippen LogP contribution in [0.3, 0.4) is 0 Å². The predicted octanol–water partition coefficient (Wildman–Crippen LogP) is 4.02. The Kier molecular flexibility index (Phi) is 9.67. The second-order valence-corrected chi connectivity index (χ2v) is 11.9. The predicted molar refractivity (Wildman–Crippen MR) is 168 cm³/mol. The van der Waals surface area contributed by atoms with E-state index in [0.29, 0.717) is 17.7 Å². The standard InChI is InChI=1S/C31H38FN7O4S/c1-42-30-20-25(36-13-10-24(11-14-36)37-16-18-43-19-17-37)6-8-28(30)34-31-33-21-26-7-9-29(39(26)35-31)27-5-3-2-4-23(27)22-38(15-12-32)44(40)41/h2-9,20-21,24H,10-19,22H2,1H3,(H,34,35)(H,40,41)/p-1. The minimum atomic E-state index is -2.54.